The third-order valence-electron chi connectivity index (χ3n) is 5.22. The van der Waals surface area contributed by atoms with Crippen molar-refractivity contribution in [1.29, 1.82) is 0 Å². The summed E-state index contributed by atoms with van der Waals surface area (Å²) in [7, 11) is 0. The van der Waals surface area contributed by atoms with Crippen LogP contribution in [0.5, 0.6) is 0 Å². The molecule has 2 heterocycles. The molecule has 1 aliphatic carbocycles. The Hall–Kier alpha value is -3.23. The van der Waals surface area contributed by atoms with Gasteiger partial charge in [0.05, 0.1) is 17.3 Å². The number of amides is 1. The van der Waals surface area contributed by atoms with Crippen LogP contribution in [0.4, 0.5) is 5.69 Å². The minimum atomic E-state index is -0.834. The molecule has 8 nitrogen and oxygen atoms in total. The number of guanidine groups is 1. The van der Waals surface area contributed by atoms with Crippen LogP contribution in [-0.2, 0) is 4.79 Å². The highest BCUT2D eigenvalue weighted by Gasteiger charge is 2.44. The Kier molecular flexibility index (Phi) is 6.01. The molecule has 3 aliphatic rings. The molecular formula is C22H23ClN6O2. The lowest BCUT2D eigenvalue weighted by atomic mass is 9.80. The van der Waals surface area contributed by atoms with E-state index in [0.717, 1.165) is 12.0 Å². The lowest BCUT2D eigenvalue weighted by molar-refractivity contribution is -0.117. The summed E-state index contributed by atoms with van der Waals surface area (Å²) in [5, 5.41) is 9.89. The zero-order valence-electron chi connectivity index (χ0n) is 16.8. The molecule has 0 bridgehead atoms. The first kappa shape index (κ1) is 21.0. The predicted octanol–water partition coefficient (Wildman–Crippen LogP) is 1.87. The summed E-state index contributed by atoms with van der Waals surface area (Å²) in [6.45, 7) is 1.13. The molecule has 1 atom stereocenters. The highest BCUT2D eigenvalue weighted by Crippen LogP contribution is 2.35. The fourth-order valence-electron chi connectivity index (χ4n) is 3.69. The van der Waals surface area contributed by atoms with Gasteiger partial charge < -0.3 is 21.7 Å². The van der Waals surface area contributed by atoms with E-state index in [9.17, 15) is 9.59 Å². The van der Waals surface area contributed by atoms with Gasteiger partial charge in [0.25, 0.3) is 5.91 Å². The molecule has 1 spiro atoms. The van der Waals surface area contributed by atoms with Crippen LogP contribution in [0.2, 0.25) is 0 Å². The van der Waals surface area contributed by atoms with E-state index in [0.29, 0.717) is 41.0 Å². The first-order valence-corrected chi connectivity index (χ1v) is 10.4. The van der Waals surface area contributed by atoms with E-state index >= 15 is 0 Å². The molecule has 1 aromatic carbocycles. The second kappa shape index (κ2) is 8.87. The Morgan fingerprint density at radius 2 is 2.23 bits per heavy atom. The van der Waals surface area contributed by atoms with E-state index in [1.807, 2.05) is 18.2 Å². The standard InChI is InChI=1S/C22H23ClN6O2/c23-18-6-2-7-22-15(11-17(30)13-26-19(18)22)12-27-21(29-22)28-16-5-1-4-14(10-16)20(31)25-9-3-8-24/h1-2,4-7,10,12H,3,8-9,11,13,24H2,(H,25,31)(H2,27,28,29). The van der Waals surface area contributed by atoms with Gasteiger partial charge >= 0.3 is 0 Å². The average molecular weight is 439 g/mol. The van der Waals surface area contributed by atoms with Crippen molar-refractivity contribution in [2.24, 2.45) is 15.7 Å². The Morgan fingerprint density at radius 1 is 1.35 bits per heavy atom. The number of rotatable bonds is 5. The number of hydrogen-bond donors (Lipinski definition) is 4. The van der Waals surface area contributed by atoms with Crippen molar-refractivity contribution in [2.45, 2.75) is 18.4 Å². The molecule has 31 heavy (non-hydrogen) atoms. The first-order chi connectivity index (χ1) is 15.0. The zero-order chi connectivity index (χ0) is 21.8. The quantitative estimate of drug-likeness (QED) is 0.523. The van der Waals surface area contributed by atoms with Crippen LogP contribution in [-0.4, -0.2) is 48.5 Å². The Morgan fingerprint density at radius 3 is 3.06 bits per heavy atom. The number of halogens is 1. The third-order valence-corrected chi connectivity index (χ3v) is 5.52. The van der Waals surface area contributed by atoms with Gasteiger partial charge in [-0.05, 0) is 48.9 Å². The topological polar surface area (TPSA) is 121 Å². The number of anilines is 1. The fourth-order valence-corrected chi connectivity index (χ4v) is 3.97. The monoisotopic (exact) mass is 438 g/mol. The maximum atomic E-state index is 12.3. The number of allylic oxidation sites excluding steroid dienone is 2. The summed E-state index contributed by atoms with van der Waals surface area (Å²) >= 11 is 6.43. The van der Waals surface area contributed by atoms with Gasteiger partial charge in [-0.2, -0.15) is 0 Å². The van der Waals surface area contributed by atoms with Gasteiger partial charge in [-0.3, -0.25) is 14.6 Å². The van der Waals surface area contributed by atoms with Crippen LogP contribution >= 0.6 is 11.6 Å². The number of benzene rings is 1. The minimum Gasteiger partial charge on any atom is -0.352 e. The van der Waals surface area contributed by atoms with Crippen LogP contribution < -0.4 is 21.7 Å². The van der Waals surface area contributed by atoms with E-state index in [-0.39, 0.29) is 24.7 Å². The van der Waals surface area contributed by atoms with E-state index in [4.69, 9.17) is 17.3 Å². The molecule has 1 aromatic rings. The SMILES string of the molecule is NCCCNC(=O)c1cccc(NC2=NC=C3CC(=O)CN=C4C(Cl)=CC=CC34N2)c1. The van der Waals surface area contributed by atoms with Gasteiger partial charge in [0.15, 0.2) is 5.78 Å². The smallest absolute Gasteiger partial charge is 0.251 e. The van der Waals surface area contributed by atoms with Crippen LogP contribution in [0, 0.1) is 0 Å². The number of hydrogen-bond acceptors (Lipinski definition) is 7. The third kappa shape index (κ3) is 4.30. The second-order valence-corrected chi connectivity index (χ2v) is 7.83. The van der Waals surface area contributed by atoms with Crippen molar-refractivity contribution in [3.8, 4) is 0 Å². The number of nitrogens with zero attached hydrogens (tertiary/aromatic N) is 2. The molecule has 160 valence electrons. The largest absolute Gasteiger partial charge is 0.352 e. The van der Waals surface area contributed by atoms with E-state index in [1.54, 1.807) is 30.5 Å². The number of aliphatic imine (C=N–C) groups is 2. The number of nitrogens with two attached hydrogens (primary N) is 1. The van der Waals surface area contributed by atoms with Gasteiger partial charge in [-0.15, -0.1) is 0 Å². The number of ketones is 1. The molecule has 0 radical (unpaired) electrons. The Balaban J connectivity index is 1.57. The zero-order valence-corrected chi connectivity index (χ0v) is 17.6. The average Bonchev–Trinajstić information content (AvgIpc) is 2.90. The summed E-state index contributed by atoms with van der Waals surface area (Å²) in [5.41, 5.74) is 7.23. The summed E-state index contributed by atoms with van der Waals surface area (Å²) in [4.78, 5) is 33.4. The highest BCUT2D eigenvalue weighted by molar-refractivity contribution is 6.46. The van der Waals surface area contributed by atoms with Crippen molar-refractivity contribution in [3.63, 3.8) is 0 Å². The molecule has 0 aromatic heterocycles. The maximum absolute atomic E-state index is 12.3. The first-order valence-electron chi connectivity index (χ1n) is 10.0. The van der Waals surface area contributed by atoms with Gasteiger partial charge in [0.1, 0.15) is 5.54 Å². The van der Waals surface area contributed by atoms with Crippen LogP contribution in [0.3, 0.4) is 0 Å². The van der Waals surface area contributed by atoms with E-state index < -0.39 is 5.54 Å². The summed E-state index contributed by atoms with van der Waals surface area (Å²) in [6.07, 6.45) is 8.17. The summed E-state index contributed by atoms with van der Waals surface area (Å²) < 4.78 is 0. The Labute approximate surface area is 185 Å². The number of carbonyl (C=O) groups is 2. The highest BCUT2D eigenvalue weighted by atomic mass is 35.5. The van der Waals surface area contributed by atoms with Gasteiger partial charge in [-0.1, -0.05) is 23.7 Å². The molecule has 1 unspecified atom stereocenters. The van der Waals surface area contributed by atoms with Gasteiger partial charge in [0, 0.05) is 30.4 Å². The van der Waals surface area contributed by atoms with Gasteiger partial charge in [0.2, 0.25) is 5.96 Å². The number of carbonyl (C=O) groups excluding carboxylic acids is 2. The van der Waals surface area contributed by atoms with Gasteiger partial charge in [-0.25, -0.2) is 4.99 Å². The molecule has 9 heteroatoms. The van der Waals surface area contributed by atoms with Crippen molar-refractivity contribution in [2.75, 3.05) is 25.0 Å². The van der Waals surface area contributed by atoms with E-state index in [2.05, 4.69) is 25.9 Å². The number of nitrogens with one attached hydrogen (secondary N) is 3. The minimum absolute atomic E-state index is 0.00662. The van der Waals surface area contributed by atoms with Crippen molar-refractivity contribution >= 4 is 40.6 Å². The molecule has 1 amide bonds. The fraction of sp³-hybridized carbons (Fsp3) is 0.273. The molecule has 0 fully saturated rings. The molecular weight excluding hydrogens is 416 g/mol. The van der Waals surface area contributed by atoms with Crippen molar-refractivity contribution < 1.29 is 9.59 Å². The Bertz CT molecular complexity index is 1070. The van der Waals surface area contributed by atoms with E-state index in [1.165, 1.54) is 0 Å². The van der Waals surface area contributed by atoms with Crippen LogP contribution in [0.15, 0.2) is 69.3 Å². The predicted molar refractivity (Wildman–Crippen MR) is 122 cm³/mol. The summed E-state index contributed by atoms with van der Waals surface area (Å²) in [6, 6.07) is 7.12. The second-order valence-electron chi connectivity index (χ2n) is 7.42. The maximum Gasteiger partial charge on any atom is 0.251 e. The molecule has 0 saturated carbocycles. The summed E-state index contributed by atoms with van der Waals surface area (Å²) in [5.74, 6) is 0.301. The normalized spacial score (nSPS) is 21.9. The molecule has 4 rings (SSSR count). The van der Waals surface area contributed by atoms with Crippen molar-refractivity contribution in [3.05, 3.63) is 64.9 Å². The molecule has 5 N–H and O–H groups in total. The lowest BCUT2D eigenvalue weighted by Gasteiger charge is -2.38. The number of Topliss-reactive ketones (excluding diaryl/α,β-unsaturated/α-hetero) is 1. The molecule has 2 aliphatic heterocycles. The van der Waals surface area contributed by atoms with Crippen molar-refractivity contribution in [1.82, 2.24) is 10.6 Å². The van der Waals surface area contributed by atoms with Crippen LogP contribution in [0.25, 0.3) is 0 Å². The van der Waals surface area contributed by atoms with Crippen LogP contribution in [0.1, 0.15) is 23.2 Å². The molecule has 0 saturated heterocycles. The lowest BCUT2D eigenvalue weighted by Crippen LogP contribution is -2.58.